The molecule has 2 N–H and O–H groups in total. The van der Waals surface area contributed by atoms with Gasteiger partial charge in [-0.25, -0.2) is 8.42 Å². The second-order valence-electron chi connectivity index (χ2n) is 7.58. The zero-order valence-corrected chi connectivity index (χ0v) is 15.7. The van der Waals surface area contributed by atoms with Crippen molar-refractivity contribution in [3.63, 3.8) is 0 Å². The minimum atomic E-state index is -3.23. The lowest BCUT2D eigenvalue weighted by Gasteiger charge is -2.39. The average molecular weight is 365 g/mol. The van der Waals surface area contributed by atoms with E-state index in [0.29, 0.717) is 17.4 Å². The smallest absolute Gasteiger partial charge is 0.233 e. The molecule has 2 fully saturated rings. The van der Waals surface area contributed by atoms with Gasteiger partial charge in [0.15, 0.2) is 9.84 Å². The lowest BCUT2D eigenvalue weighted by atomic mass is 9.68. The van der Waals surface area contributed by atoms with Gasteiger partial charge in [-0.2, -0.15) is 0 Å². The quantitative estimate of drug-likeness (QED) is 0.887. The van der Waals surface area contributed by atoms with Gasteiger partial charge >= 0.3 is 0 Å². The Morgan fingerprint density at radius 1 is 1.20 bits per heavy atom. The molecule has 1 aromatic carbocycles. The monoisotopic (exact) mass is 364 g/mol. The number of amides is 1. The Labute approximate surface area is 150 Å². The molecule has 0 aromatic heterocycles. The second kappa shape index (κ2) is 7.08. The fourth-order valence-electron chi connectivity index (χ4n) is 4.31. The Morgan fingerprint density at radius 3 is 2.36 bits per heavy atom. The van der Waals surface area contributed by atoms with Gasteiger partial charge in [0.25, 0.3) is 0 Å². The van der Waals surface area contributed by atoms with Crippen LogP contribution in [-0.2, 0) is 20.0 Å². The lowest BCUT2D eigenvalue weighted by Crippen LogP contribution is -2.47. The Kier molecular flexibility index (Phi) is 5.21. The van der Waals surface area contributed by atoms with E-state index in [1.165, 1.54) is 6.26 Å². The van der Waals surface area contributed by atoms with Crippen molar-refractivity contribution in [2.45, 2.75) is 48.8 Å². The summed E-state index contributed by atoms with van der Waals surface area (Å²) in [6, 6.07) is 6.97. The van der Waals surface area contributed by atoms with Gasteiger partial charge in [0, 0.05) is 19.3 Å². The number of hydrogen-bond acceptors (Lipinski definition) is 4. The van der Waals surface area contributed by atoms with Crippen molar-refractivity contribution in [3.05, 3.63) is 29.8 Å². The number of likely N-dealkylation sites (tertiary alicyclic amines) is 1. The van der Waals surface area contributed by atoms with Crippen LogP contribution in [0.5, 0.6) is 0 Å². The van der Waals surface area contributed by atoms with Gasteiger partial charge in [-0.3, -0.25) is 4.79 Å². The second-order valence-corrected chi connectivity index (χ2v) is 9.60. The molecule has 25 heavy (non-hydrogen) atoms. The first-order chi connectivity index (χ1) is 11.9. The van der Waals surface area contributed by atoms with Crippen molar-refractivity contribution in [2.75, 3.05) is 25.9 Å². The minimum Gasteiger partial charge on any atom is -0.342 e. The highest BCUT2D eigenvalue weighted by Gasteiger charge is 2.44. The summed E-state index contributed by atoms with van der Waals surface area (Å²) in [4.78, 5) is 15.7. The molecule has 0 bridgehead atoms. The van der Waals surface area contributed by atoms with Crippen molar-refractivity contribution >= 4 is 15.7 Å². The van der Waals surface area contributed by atoms with Gasteiger partial charge in [0.2, 0.25) is 5.91 Å². The molecule has 5 nitrogen and oxygen atoms in total. The van der Waals surface area contributed by atoms with Gasteiger partial charge in [-0.05, 0) is 49.4 Å². The number of nitrogens with zero attached hydrogens (tertiary/aromatic N) is 1. The molecular formula is C19H28N2O3S. The van der Waals surface area contributed by atoms with Crippen molar-refractivity contribution in [2.24, 2.45) is 11.7 Å². The molecule has 0 radical (unpaired) electrons. The first-order valence-electron chi connectivity index (χ1n) is 9.17. The first-order valence-corrected chi connectivity index (χ1v) is 11.1. The van der Waals surface area contributed by atoms with E-state index in [1.54, 1.807) is 12.1 Å². The van der Waals surface area contributed by atoms with E-state index < -0.39 is 15.3 Å². The Hall–Kier alpha value is -1.40. The van der Waals surface area contributed by atoms with Gasteiger partial charge in [0.1, 0.15) is 0 Å². The maximum absolute atomic E-state index is 13.4. The number of sulfone groups is 1. The van der Waals surface area contributed by atoms with Crippen LogP contribution in [0.15, 0.2) is 29.2 Å². The Bertz CT molecular complexity index is 722. The maximum Gasteiger partial charge on any atom is 0.233 e. The van der Waals surface area contributed by atoms with Crippen LogP contribution in [0.25, 0.3) is 0 Å². The van der Waals surface area contributed by atoms with E-state index in [-0.39, 0.29) is 5.91 Å². The van der Waals surface area contributed by atoms with Crippen LogP contribution in [0.4, 0.5) is 0 Å². The van der Waals surface area contributed by atoms with Crippen LogP contribution in [0.2, 0.25) is 0 Å². The number of nitrogens with two attached hydrogens (primary N) is 1. The van der Waals surface area contributed by atoms with Crippen molar-refractivity contribution in [3.8, 4) is 0 Å². The van der Waals surface area contributed by atoms with Gasteiger partial charge in [0.05, 0.1) is 10.3 Å². The molecule has 1 aromatic rings. The Balaban J connectivity index is 1.92. The number of rotatable bonds is 4. The summed E-state index contributed by atoms with van der Waals surface area (Å²) in [5.74, 6) is 0.604. The summed E-state index contributed by atoms with van der Waals surface area (Å²) in [6.07, 6.45) is 7.09. The number of hydrogen-bond donors (Lipinski definition) is 1. The molecule has 1 aliphatic heterocycles. The molecule has 0 unspecified atom stereocenters. The molecule has 0 spiro atoms. The lowest BCUT2D eigenvalue weighted by molar-refractivity contribution is -0.138. The third kappa shape index (κ3) is 3.60. The van der Waals surface area contributed by atoms with Crippen LogP contribution in [-0.4, -0.2) is 45.1 Å². The molecular weight excluding hydrogens is 336 g/mol. The summed E-state index contributed by atoms with van der Waals surface area (Å²) in [6.45, 7) is 2.15. The zero-order chi connectivity index (χ0) is 18.1. The summed E-state index contributed by atoms with van der Waals surface area (Å²) in [5, 5.41) is 0. The van der Waals surface area contributed by atoms with E-state index >= 15 is 0 Å². The fraction of sp³-hybridized carbons (Fsp3) is 0.632. The third-order valence-corrected chi connectivity index (χ3v) is 6.99. The van der Waals surface area contributed by atoms with Crippen LogP contribution < -0.4 is 5.73 Å². The highest BCUT2D eigenvalue weighted by atomic mass is 32.2. The average Bonchev–Trinajstić information content (AvgIpc) is 3.10. The van der Waals surface area contributed by atoms with E-state index in [1.807, 2.05) is 17.0 Å². The normalized spacial score (nSPS) is 23.6. The van der Waals surface area contributed by atoms with Crippen molar-refractivity contribution in [1.29, 1.82) is 0 Å². The molecule has 1 saturated heterocycles. The van der Waals surface area contributed by atoms with Gasteiger partial charge in [-0.1, -0.05) is 31.4 Å². The largest absolute Gasteiger partial charge is 0.342 e. The molecule has 1 aliphatic carbocycles. The molecule has 6 heteroatoms. The van der Waals surface area contributed by atoms with Crippen LogP contribution >= 0.6 is 0 Å². The van der Waals surface area contributed by atoms with Crippen LogP contribution in [0, 0.1) is 5.92 Å². The number of carbonyl (C=O) groups excluding carboxylic acids is 1. The topological polar surface area (TPSA) is 80.5 Å². The molecule has 1 atom stereocenters. The highest BCUT2D eigenvalue weighted by molar-refractivity contribution is 7.90. The third-order valence-electron chi connectivity index (χ3n) is 5.86. The summed E-state index contributed by atoms with van der Waals surface area (Å²) < 4.78 is 23.5. The first kappa shape index (κ1) is 18.4. The minimum absolute atomic E-state index is 0.204. The molecule has 1 amide bonds. The summed E-state index contributed by atoms with van der Waals surface area (Å²) in [5.41, 5.74) is 6.24. The SMILES string of the molecule is CS(=O)(=O)c1ccc(C2(C(=O)N3CC[C@@H](CN)C3)CCCCC2)cc1. The van der Waals surface area contributed by atoms with E-state index in [4.69, 9.17) is 5.73 Å². The maximum atomic E-state index is 13.4. The molecule has 2 aliphatic rings. The molecule has 1 heterocycles. The molecule has 138 valence electrons. The molecule has 1 saturated carbocycles. The van der Waals surface area contributed by atoms with Gasteiger partial charge in [-0.15, -0.1) is 0 Å². The Morgan fingerprint density at radius 2 is 1.84 bits per heavy atom. The molecule has 3 rings (SSSR count). The van der Waals surface area contributed by atoms with Crippen molar-refractivity contribution < 1.29 is 13.2 Å². The van der Waals surface area contributed by atoms with Gasteiger partial charge < -0.3 is 10.6 Å². The van der Waals surface area contributed by atoms with E-state index in [0.717, 1.165) is 57.2 Å². The number of benzene rings is 1. The highest BCUT2D eigenvalue weighted by Crippen LogP contribution is 2.42. The number of carbonyl (C=O) groups is 1. The zero-order valence-electron chi connectivity index (χ0n) is 14.9. The fourth-order valence-corrected chi connectivity index (χ4v) is 4.95. The predicted octanol–water partition coefficient (Wildman–Crippen LogP) is 2.10. The standard InChI is InChI=1S/C19H28N2O3S/c1-25(23,24)17-7-5-16(6-8-17)19(10-3-2-4-11-19)18(22)21-12-9-15(13-20)14-21/h5-8,15H,2-4,9-14,20H2,1H3/t15-/m0/s1. The van der Waals surface area contributed by atoms with Crippen molar-refractivity contribution in [1.82, 2.24) is 4.90 Å². The summed E-state index contributed by atoms with van der Waals surface area (Å²) >= 11 is 0. The van der Waals surface area contributed by atoms with E-state index in [9.17, 15) is 13.2 Å². The van der Waals surface area contributed by atoms with Crippen LogP contribution in [0.1, 0.15) is 44.1 Å². The van der Waals surface area contributed by atoms with Crippen LogP contribution in [0.3, 0.4) is 0 Å². The van der Waals surface area contributed by atoms with E-state index in [2.05, 4.69) is 0 Å². The summed E-state index contributed by atoms with van der Waals surface area (Å²) in [7, 11) is -3.23. The predicted molar refractivity (Wildman–Crippen MR) is 98.1 cm³/mol.